The van der Waals surface area contributed by atoms with Crippen molar-refractivity contribution in [2.45, 2.75) is 6.54 Å². The molecule has 0 aliphatic rings. The minimum atomic E-state index is -0.285. The highest BCUT2D eigenvalue weighted by atomic mass is 35.5. The largest absolute Gasteiger partial charge is 0.366 e. The van der Waals surface area contributed by atoms with Crippen molar-refractivity contribution in [3.05, 3.63) is 58.5 Å². The highest BCUT2D eigenvalue weighted by molar-refractivity contribution is 6.29. The lowest BCUT2D eigenvalue weighted by molar-refractivity contribution is 0.613. The standard InChI is InChI=1S/C13H9ClFN3/c14-12-5-9(7-16)6-13(18-12)17-8-10-3-1-2-4-11(10)15/h1-6H,8H2,(H,17,18). The first-order valence-electron chi connectivity index (χ1n) is 5.24. The predicted octanol–water partition coefficient (Wildman–Crippen LogP) is 3.36. The Morgan fingerprint density at radius 2 is 2.11 bits per heavy atom. The summed E-state index contributed by atoms with van der Waals surface area (Å²) in [6.07, 6.45) is 0. The van der Waals surface area contributed by atoms with Crippen molar-refractivity contribution in [3.63, 3.8) is 0 Å². The molecule has 90 valence electrons. The average molecular weight is 262 g/mol. The lowest BCUT2D eigenvalue weighted by Crippen LogP contribution is -2.03. The zero-order chi connectivity index (χ0) is 13.0. The van der Waals surface area contributed by atoms with Gasteiger partial charge < -0.3 is 5.32 Å². The Morgan fingerprint density at radius 3 is 2.83 bits per heavy atom. The Hall–Kier alpha value is -2.12. The van der Waals surface area contributed by atoms with Gasteiger partial charge in [0.2, 0.25) is 0 Å². The fourth-order valence-corrected chi connectivity index (χ4v) is 1.69. The number of aromatic nitrogens is 1. The SMILES string of the molecule is N#Cc1cc(Cl)nc(NCc2ccccc2F)c1. The molecule has 0 aliphatic heterocycles. The minimum Gasteiger partial charge on any atom is -0.366 e. The summed E-state index contributed by atoms with van der Waals surface area (Å²) in [5.74, 6) is 0.162. The normalized spacial score (nSPS) is 9.83. The topological polar surface area (TPSA) is 48.7 Å². The number of benzene rings is 1. The van der Waals surface area contributed by atoms with Gasteiger partial charge in [-0.2, -0.15) is 5.26 Å². The summed E-state index contributed by atoms with van der Waals surface area (Å²) in [5, 5.41) is 11.9. The van der Waals surface area contributed by atoms with Crippen LogP contribution in [0, 0.1) is 17.1 Å². The van der Waals surface area contributed by atoms with Gasteiger partial charge in [0.15, 0.2) is 0 Å². The van der Waals surface area contributed by atoms with Gasteiger partial charge in [0.25, 0.3) is 0 Å². The first-order valence-corrected chi connectivity index (χ1v) is 5.62. The van der Waals surface area contributed by atoms with Crippen molar-refractivity contribution in [2.75, 3.05) is 5.32 Å². The number of halogens is 2. The van der Waals surface area contributed by atoms with Gasteiger partial charge in [-0.1, -0.05) is 29.8 Å². The number of nitriles is 1. The molecule has 0 fully saturated rings. The number of pyridine rings is 1. The van der Waals surface area contributed by atoms with Crippen LogP contribution in [0.2, 0.25) is 5.15 Å². The van der Waals surface area contributed by atoms with Gasteiger partial charge in [-0.05, 0) is 18.2 Å². The van der Waals surface area contributed by atoms with Gasteiger partial charge in [0.1, 0.15) is 16.8 Å². The maximum absolute atomic E-state index is 13.4. The molecule has 1 aromatic carbocycles. The molecular formula is C13H9ClFN3. The summed E-state index contributed by atoms with van der Waals surface area (Å²) in [6, 6.07) is 11.5. The van der Waals surface area contributed by atoms with E-state index in [4.69, 9.17) is 16.9 Å². The lowest BCUT2D eigenvalue weighted by atomic mass is 10.2. The van der Waals surface area contributed by atoms with Crippen LogP contribution in [0.1, 0.15) is 11.1 Å². The summed E-state index contributed by atoms with van der Waals surface area (Å²) in [7, 11) is 0. The zero-order valence-corrected chi connectivity index (χ0v) is 10.1. The summed E-state index contributed by atoms with van der Waals surface area (Å²) < 4.78 is 13.4. The summed E-state index contributed by atoms with van der Waals surface area (Å²) in [5.41, 5.74) is 0.934. The van der Waals surface area contributed by atoms with Crippen LogP contribution >= 0.6 is 11.6 Å². The summed E-state index contributed by atoms with van der Waals surface area (Å²) >= 11 is 5.77. The molecule has 0 bridgehead atoms. The third-order valence-electron chi connectivity index (χ3n) is 2.34. The molecule has 1 heterocycles. The van der Waals surface area contributed by atoms with E-state index in [1.54, 1.807) is 24.3 Å². The zero-order valence-electron chi connectivity index (χ0n) is 9.32. The first kappa shape index (κ1) is 12.3. The Bertz CT molecular complexity index is 607. The molecule has 2 aromatic rings. The maximum Gasteiger partial charge on any atom is 0.132 e. The molecule has 0 unspecified atom stereocenters. The van der Waals surface area contributed by atoms with Crippen molar-refractivity contribution < 1.29 is 4.39 Å². The van der Waals surface area contributed by atoms with E-state index < -0.39 is 0 Å². The van der Waals surface area contributed by atoms with Gasteiger partial charge in [0, 0.05) is 12.1 Å². The van der Waals surface area contributed by atoms with E-state index in [1.807, 2.05) is 6.07 Å². The Kier molecular flexibility index (Phi) is 3.75. The summed E-state index contributed by atoms with van der Waals surface area (Å²) in [4.78, 5) is 4.01. The fraction of sp³-hybridized carbons (Fsp3) is 0.0769. The van der Waals surface area contributed by atoms with Gasteiger partial charge >= 0.3 is 0 Å². The van der Waals surface area contributed by atoms with Gasteiger partial charge in [-0.15, -0.1) is 0 Å². The number of rotatable bonds is 3. The van der Waals surface area contributed by atoms with Crippen LogP contribution in [-0.2, 0) is 6.54 Å². The van der Waals surface area contributed by atoms with Crippen molar-refractivity contribution in [3.8, 4) is 6.07 Å². The molecule has 0 saturated heterocycles. The molecule has 2 rings (SSSR count). The van der Waals surface area contributed by atoms with Gasteiger partial charge in [-0.3, -0.25) is 0 Å². The van der Waals surface area contributed by atoms with Crippen LogP contribution in [-0.4, -0.2) is 4.98 Å². The van der Waals surface area contributed by atoms with Crippen LogP contribution in [0.4, 0.5) is 10.2 Å². The smallest absolute Gasteiger partial charge is 0.132 e. The van der Waals surface area contributed by atoms with E-state index in [-0.39, 0.29) is 17.5 Å². The number of nitrogens with zero attached hydrogens (tertiary/aromatic N) is 2. The second-order valence-corrected chi connectivity index (χ2v) is 4.01. The Balaban J connectivity index is 2.14. The van der Waals surface area contributed by atoms with Gasteiger partial charge in [-0.25, -0.2) is 9.37 Å². The number of hydrogen-bond donors (Lipinski definition) is 1. The second kappa shape index (κ2) is 5.48. The molecule has 5 heteroatoms. The molecule has 0 atom stereocenters. The minimum absolute atomic E-state index is 0.227. The van der Waals surface area contributed by atoms with Crippen molar-refractivity contribution in [2.24, 2.45) is 0 Å². The van der Waals surface area contributed by atoms with Crippen LogP contribution in [0.5, 0.6) is 0 Å². The summed E-state index contributed by atoms with van der Waals surface area (Å²) in [6.45, 7) is 0.283. The molecule has 3 nitrogen and oxygen atoms in total. The van der Waals surface area contributed by atoms with Crippen LogP contribution in [0.3, 0.4) is 0 Å². The van der Waals surface area contributed by atoms with E-state index in [2.05, 4.69) is 10.3 Å². The van der Waals surface area contributed by atoms with Crippen molar-refractivity contribution in [1.29, 1.82) is 5.26 Å². The third-order valence-corrected chi connectivity index (χ3v) is 2.53. The van der Waals surface area contributed by atoms with Crippen LogP contribution in [0.25, 0.3) is 0 Å². The first-order chi connectivity index (χ1) is 8.69. The molecule has 0 aliphatic carbocycles. The Morgan fingerprint density at radius 1 is 1.33 bits per heavy atom. The molecular weight excluding hydrogens is 253 g/mol. The molecule has 0 radical (unpaired) electrons. The second-order valence-electron chi connectivity index (χ2n) is 3.62. The monoisotopic (exact) mass is 261 g/mol. The molecule has 0 amide bonds. The van der Waals surface area contributed by atoms with E-state index in [0.717, 1.165) is 0 Å². The Labute approximate surface area is 109 Å². The molecule has 18 heavy (non-hydrogen) atoms. The fourth-order valence-electron chi connectivity index (χ4n) is 1.48. The highest BCUT2D eigenvalue weighted by Crippen LogP contribution is 2.15. The van der Waals surface area contributed by atoms with E-state index in [0.29, 0.717) is 16.9 Å². The van der Waals surface area contributed by atoms with Crippen molar-refractivity contribution in [1.82, 2.24) is 4.98 Å². The molecule has 0 saturated carbocycles. The van der Waals surface area contributed by atoms with E-state index >= 15 is 0 Å². The average Bonchev–Trinajstić information content (AvgIpc) is 2.37. The van der Waals surface area contributed by atoms with Crippen LogP contribution < -0.4 is 5.32 Å². The van der Waals surface area contributed by atoms with Gasteiger partial charge in [0.05, 0.1) is 11.6 Å². The molecule has 1 aromatic heterocycles. The predicted molar refractivity (Wildman–Crippen MR) is 67.7 cm³/mol. The lowest BCUT2D eigenvalue weighted by Gasteiger charge is -2.07. The quantitative estimate of drug-likeness (QED) is 0.862. The number of hydrogen-bond acceptors (Lipinski definition) is 3. The molecule has 0 spiro atoms. The maximum atomic E-state index is 13.4. The molecule has 1 N–H and O–H groups in total. The van der Waals surface area contributed by atoms with Crippen LogP contribution in [0.15, 0.2) is 36.4 Å². The number of anilines is 1. The van der Waals surface area contributed by atoms with E-state index in [1.165, 1.54) is 12.1 Å². The number of nitrogens with one attached hydrogen (secondary N) is 1. The third kappa shape index (κ3) is 2.96. The van der Waals surface area contributed by atoms with Crippen molar-refractivity contribution >= 4 is 17.4 Å². The van der Waals surface area contributed by atoms with E-state index in [9.17, 15) is 4.39 Å². The highest BCUT2D eigenvalue weighted by Gasteiger charge is 2.03.